The Morgan fingerprint density at radius 2 is 1.52 bits per heavy atom. The summed E-state index contributed by atoms with van der Waals surface area (Å²) < 4.78 is 81.9. The minimum atomic E-state index is -4.98. The highest BCUT2D eigenvalue weighted by molar-refractivity contribution is 5.88. The Morgan fingerprint density at radius 1 is 0.900 bits per heavy atom. The minimum absolute atomic E-state index is 0.144. The number of halogens is 6. The van der Waals surface area contributed by atoms with Crippen molar-refractivity contribution in [3.05, 3.63) is 46.8 Å². The molecule has 14 heteroatoms. The van der Waals surface area contributed by atoms with Crippen LogP contribution < -0.4 is 4.90 Å². The maximum Gasteiger partial charge on any atom is 0.420 e. The summed E-state index contributed by atoms with van der Waals surface area (Å²) in [5, 5.41) is 12.4. The van der Waals surface area contributed by atoms with Gasteiger partial charge < -0.3 is 14.9 Å². The number of rotatable bonds is 4. The van der Waals surface area contributed by atoms with Crippen molar-refractivity contribution in [1.29, 1.82) is 0 Å². The zero-order valence-electron chi connectivity index (χ0n) is 21.6. The van der Waals surface area contributed by atoms with E-state index >= 15 is 0 Å². The number of amides is 1. The van der Waals surface area contributed by atoms with Gasteiger partial charge in [-0.1, -0.05) is 6.07 Å². The number of hydrogen-bond acceptors (Lipinski definition) is 5. The normalized spacial score (nSPS) is 20.1. The molecule has 218 valence electrons. The number of aromatic nitrogens is 2. The number of nitrogens with zero attached hydrogens (tertiary/aromatic N) is 5. The van der Waals surface area contributed by atoms with Crippen LogP contribution in [0.1, 0.15) is 59.3 Å². The van der Waals surface area contributed by atoms with E-state index in [1.54, 1.807) is 12.1 Å². The van der Waals surface area contributed by atoms with Crippen molar-refractivity contribution in [2.24, 2.45) is 5.41 Å². The number of aromatic carboxylic acids is 1. The largest absolute Gasteiger partial charge is 0.476 e. The third-order valence-electron chi connectivity index (χ3n) is 8.29. The average Bonchev–Trinajstić information content (AvgIpc) is 3.64. The van der Waals surface area contributed by atoms with Gasteiger partial charge in [-0.3, -0.25) is 4.90 Å². The molecule has 3 fully saturated rings. The summed E-state index contributed by atoms with van der Waals surface area (Å²) in [6.45, 7) is 3.21. The van der Waals surface area contributed by atoms with Crippen LogP contribution in [0.25, 0.3) is 0 Å². The van der Waals surface area contributed by atoms with Crippen LogP contribution in [0.4, 0.5) is 36.8 Å². The number of carboxylic acids is 1. The molecule has 40 heavy (non-hydrogen) atoms. The maximum absolute atomic E-state index is 14.0. The Morgan fingerprint density at radius 3 is 2.10 bits per heavy atom. The summed E-state index contributed by atoms with van der Waals surface area (Å²) >= 11 is 0. The molecule has 4 heterocycles. The van der Waals surface area contributed by atoms with Gasteiger partial charge in [0.05, 0.1) is 5.56 Å². The average molecular weight is 574 g/mol. The molecule has 3 saturated heterocycles. The Bertz CT molecular complexity index is 1280. The van der Waals surface area contributed by atoms with Crippen molar-refractivity contribution in [2.45, 2.75) is 51.0 Å². The molecule has 2 aromatic rings. The van der Waals surface area contributed by atoms with Crippen LogP contribution in [-0.2, 0) is 18.9 Å². The molecular weight excluding hydrogens is 544 g/mol. The molecule has 1 amide bonds. The number of piperidine rings is 1. The molecule has 0 radical (unpaired) electrons. The highest BCUT2D eigenvalue weighted by Crippen LogP contribution is 2.42. The van der Waals surface area contributed by atoms with Crippen LogP contribution in [-0.4, -0.2) is 76.0 Å². The molecule has 8 nitrogen and oxygen atoms in total. The smallest absolute Gasteiger partial charge is 0.420 e. The fourth-order valence-electron chi connectivity index (χ4n) is 6.10. The summed E-state index contributed by atoms with van der Waals surface area (Å²) in [7, 11) is 0. The van der Waals surface area contributed by atoms with Crippen molar-refractivity contribution in [3.63, 3.8) is 0 Å². The Balaban J connectivity index is 1.23. The standard InChI is InChI=1S/C26H29F6N5O3/c27-25(28,29)19-13-18(35-8-1-2-9-35)4-3-17(19)14-34-10-5-24(16-34)6-11-36(12-7-24)23(40)37-15-20(26(30,31)32)21(33-37)22(38)39/h3-4,13,15H,1-2,5-12,14,16H2,(H,38,39). The Labute approximate surface area is 226 Å². The van der Waals surface area contributed by atoms with E-state index in [9.17, 15) is 35.9 Å². The highest BCUT2D eigenvalue weighted by Gasteiger charge is 2.44. The second-order valence-corrected chi connectivity index (χ2v) is 10.9. The van der Waals surface area contributed by atoms with Crippen molar-refractivity contribution in [2.75, 3.05) is 44.2 Å². The van der Waals surface area contributed by atoms with Crippen molar-refractivity contribution in [1.82, 2.24) is 19.6 Å². The van der Waals surface area contributed by atoms with Gasteiger partial charge in [-0.25, -0.2) is 9.59 Å². The Hall–Kier alpha value is -3.29. The fraction of sp³-hybridized carbons (Fsp3) is 0.577. The molecule has 0 aliphatic carbocycles. The van der Waals surface area contributed by atoms with Gasteiger partial charge in [0, 0.05) is 51.2 Å². The van der Waals surface area contributed by atoms with Gasteiger partial charge in [-0.05, 0) is 61.8 Å². The molecule has 0 saturated carbocycles. The fourth-order valence-corrected chi connectivity index (χ4v) is 6.10. The third-order valence-corrected chi connectivity index (χ3v) is 8.29. The van der Waals surface area contributed by atoms with Gasteiger partial charge in [0.1, 0.15) is 5.56 Å². The predicted octanol–water partition coefficient (Wildman–Crippen LogP) is 5.18. The van der Waals surface area contributed by atoms with E-state index in [4.69, 9.17) is 5.11 Å². The minimum Gasteiger partial charge on any atom is -0.476 e. The van der Waals surface area contributed by atoms with Gasteiger partial charge in [-0.15, -0.1) is 0 Å². The molecule has 1 aromatic heterocycles. The van der Waals surface area contributed by atoms with Crippen LogP contribution in [0.2, 0.25) is 0 Å². The van der Waals surface area contributed by atoms with Gasteiger partial charge in [-0.2, -0.15) is 36.1 Å². The second-order valence-electron chi connectivity index (χ2n) is 10.9. The second kappa shape index (κ2) is 10.3. The summed E-state index contributed by atoms with van der Waals surface area (Å²) in [5.41, 5.74) is -2.80. The maximum atomic E-state index is 14.0. The zero-order chi connectivity index (χ0) is 28.9. The van der Waals surface area contributed by atoms with Gasteiger partial charge in [0.2, 0.25) is 0 Å². The molecule has 0 bridgehead atoms. The number of carbonyl (C=O) groups excluding carboxylic acids is 1. The van der Waals surface area contributed by atoms with Crippen molar-refractivity contribution in [3.8, 4) is 0 Å². The van der Waals surface area contributed by atoms with Crippen LogP contribution in [0.15, 0.2) is 24.4 Å². The monoisotopic (exact) mass is 573 g/mol. The first-order valence-electron chi connectivity index (χ1n) is 13.1. The summed E-state index contributed by atoms with van der Waals surface area (Å²) in [6, 6.07) is 3.70. The molecule has 3 aliphatic rings. The number of hydrogen-bond donors (Lipinski definition) is 1. The summed E-state index contributed by atoms with van der Waals surface area (Å²) in [6.07, 6.45) is -5.38. The molecule has 5 rings (SSSR count). The van der Waals surface area contributed by atoms with E-state index in [-0.39, 0.29) is 30.6 Å². The van der Waals surface area contributed by atoms with Crippen LogP contribution >= 0.6 is 0 Å². The number of likely N-dealkylation sites (tertiary alicyclic amines) is 2. The summed E-state index contributed by atoms with van der Waals surface area (Å²) in [4.78, 5) is 29.3. The molecule has 3 aliphatic heterocycles. The lowest BCUT2D eigenvalue weighted by Crippen LogP contribution is -2.45. The first-order chi connectivity index (χ1) is 18.8. The lowest BCUT2D eigenvalue weighted by molar-refractivity contribution is -0.139. The van der Waals surface area contributed by atoms with Crippen LogP contribution in [0.5, 0.6) is 0 Å². The SMILES string of the molecule is O=C(O)c1nn(C(=O)N2CCC3(CCN(Cc4ccc(N5CCCC5)cc4C(F)(F)F)C3)CC2)cc1C(F)(F)F. The van der Waals surface area contributed by atoms with E-state index in [1.165, 1.54) is 11.0 Å². The Kier molecular flexibility index (Phi) is 7.26. The topological polar surface area (TPSA) is 81.9 Å². The van der Waals surface area contributed by atoms with Gasteiger partial charge >= 0.3 is 24.4 Å². The van der Waals surface area contributed by atoms with E-state index < -0.39 is 41.2 Å². The van der Waals surface area contributed by atoms with E-state index in [0.29, 0.717) is 42.5 Å². The third kappa shape index (κ3) is 5.63. The van der Waals surface area contributed by atoms with Crippen molar-refractivity contribution >= 4 is 17.7 Å². The summed E-state index contributed by atoms with van der Waals surface area (Å²) in [5.74, 6) is -1.89. The number of benzene rings is 1. The van der Waals surface area contributed by atoms with E-state index in [0.717, 1.165) is 32.4 Å². The predicted molar refractivity (Wildman–Crippen MR) is 131 cm³/mol. The first-order valence-corrected chi connectivity index (χ1v) is 13.1. The highest BCUT2D eigenvalue weighted by atomic mass is 19.4. The number of anilines is 1. The van der Waals surface area contributed by atoms with Gasteiger partial charge in [0.25, 0.3) is 0 Å². The van der Waals surface area contributed by atoms with Crippen LogP contribution in [0, 0.1) is 5.41 Å². The number of alkyl halides is 6. The zero-order valence-corrected chi connectivity index (χ0v) is 21.6. The van der Waals surface area contributed by atoms with Crippen LogP contribution in [0.3, 0.4) is 0 Å². The first kappa shape index (κ1) is 28.2. The lowest BCUT2D eigenvalue weighted by atomic mass is 9.78. The molecule has 1 N–H and O–H groups in total. The number of carbonyl (C=O) groups is 2. The molecule has 0 unspecified atom stereocenters. The molecule has 0 atom stereocenters. The molecule has 1 spiro atoms. The number of carboxylic acid groups (broad SMARTS) is 1. The van der Waals surface area contributed by atoms with E-state index in [2.05, 4.69) is 5.10 Å². The molecule has 1 aromatic carbocycles. The van der Waals surface area contributed by atoms with E-state index in [1.807, 2.05) is 9.80 Å². The lowest BCUT2D eigenvalue weighted by Gasteiger charge is -2.39. The van der Waals surface area contributed by atoms with Gasteiger partial charge in [0.15, 0.2) is 5.69 Å². The molecular formula is C26H29F6N5O3. The quantitative estimate of drug-likeness (QED) is 0.508. The van der Waals surface area contributed by atoms with Crippen molar-refractivity contribution < 1.29 is 41.0 Å².